The van der Waals surface area contributed by atoms with E-state index in [4.69, 9.17) is 10.5 Å². The van der Waals surface area contributed by atoms with Crippen molar-refractivity contribution in [1.29, 1.82) is 0 Å². The Labute approximate surface area is 149 Å². The molecule has 8 heteroatoms. The van der Waals surface area contributed by atoms with Crippen molar-refractivity contribution in [3.63, 3.8) is 0 Å². The molecule has 1 saturated heterocycles. The minimum Gasteiger partial charge on any atom is -0.383 e. The lowest BCUT2D eigenvalue weighted by Crippen LogP contribution is -2.42. The Morgan fingerprint density at radius 1 is 1.40 bits per heavy atom. The maximum Gasteiger partial charge on any atom is 0.253 e. The molecule has 1 amide bonds. The number of carbonyl (C=O) groups is 1. The van der Waals surface area contributed by atoms with E-state index >= 15 is 0 Å². The molecule has 0 spiro atoms. The highest BCUT2D eigenvalue weighted by Crippen LogP contribution is 2.22. The zero-order valence-corrected chi connectivity index (χ0v) is 15.6. The molecular formula is C17H27N3O4S. The number of piperidine rings is 1. The summed E-state index contributed by atoms with van der Waals surface area (Å²) in [6.45, 7) is 3.75. The number of methoxy groups -OCH3 is 1. The fraction of sp³-hybridized carbons (Fsp3) is 0.588. The molecule has 1 aliphatic heterocycles. The normalized spacial score (nSPS) is 17.5. The van der Waals surface area contributed by atoms with Gasteiger partial charge in [-0.3, -0.25) is 4.79 Å². The number of rotatable bonds is 7. The molecule has 0 aromatic heterocycles. The van der Waals surface area contributed by atoms with Crippen LogP contribution < -0.4 is 10.5 Å². The number of sulfonamides is 1. The standard InChI is InChI=1S/C17H27N3O4S/c1-13(18)14-6-9-20(10-7-14)17(21)15-4-3-5-16(12-15)25(22,23)19-8-11-24-2/h3-5,12-14,19H,6-11,18H2,1-2H3. The predicted molar refractivity (Wildman–Crippen MR) is 95.8 cm³/mol. The van der Waals surface area contributed by atoms with E-state index in [1.54, 1.807) is 17.0 Å². The summed E-state index contributed by atoms with van der Waals surface area (Å²) in [5.74, 6) is 0.290. The molecule has 0 radical (unpaired) electrons. The van der Waals surface area contributed by atoms with Crippen molar-refractivity contribution in [3.05, 3.63) is 29.8 Å². The average Bonchev–Trinajstić information content (AvgIpc) is 2.61. The van der Waals surface area contributed by atoms with E-state index < -0.39 is 10.0 Å². The summed E-state index contributed by atoms with van der Waals surface area (Å²) in [4.78, 5) is 14.5. The van der Waals surface area contributed by atoms with E-state index in [2.05, 4.69) is 4.72 Å². The van der Waals surface area contributed by atoms with Gasteiger partial charge < -0.3 is 15.4 Å². The first kappa shape index (κ1) is 19.8. The molecule has 0 aliphatic carbocycles. The molecule has 1 aliphatic rings. The number of nitrogens with zero attached hydrogens (tertiary/aromatic N) is 1. The maximum atomic E-state index is 12.7. The van der Waals surface area contributed by atoms with Gasteiger partial charge in [-0.15, -0.1) is 0 Å². The van der Waals surface area contributed by atoms with Crippen LogP contribution in [-0.4, -0.2) is 58.6 Å². The van der Waals surface area contributed by atoms with Gasteiger partial charge in [0.15, 0.2) is 0 Å². The molecule has 0 bridgehead atoms. The molecule has 3 N–H and O–H groups in total. The maximum absolute atomic E-state index is 12.7. The monoisotopic (exact) mass is 369 g/mol. The number of hydrogen-bond acceptors (Lipinski definition) is 5. The van der Waals surface area contributed by atoms with E-state index in [1.165, 1.54) is 19.2 Å². The molecule has 1 aromatic carbocycles. The van der Waals surface area contributed by atoms with E-state index in [-0.39, 0.29) is 30.0 Å². The fourth-order valence-electron chi connectivity index (χ4n) is 2.97. The Balaban J connectivity index is 2.07. The first-order valence-electron chi connectivity index (χ1n) is 8.48. The van der Waals surface area contributed by atoms with Crippen molar-refractivity contribution in [3.8, 4) is 0 Å². The van der Waals surface area contributed by atoms with Gasteiger partial charge in [0.2, 0.25) is 10.0 Å². The average molecular weight is 369 g/mol. The molecule has 1 unspecified atom stereocenters. The lowest BCUT2D eigenvalue weighted by atomic mass is 9.90. The minimum atomic E-state index is -3.66. The highest BCUT2D eigenvalue weighted by molar-refractivity contribution is 7.89. The van der Waals surface area contributed by atoms with Crippen LogP contribution in [0.15, 0.2) is 29.2 Å². The van der Waals surface area contributed by atoms with Crippen molar-refractivity contribution in [1.82, 2.24) is 9.62 Å². The molecule has 25 heavy (non-hydrogen) atoms. The van der Waals surface area contributed by atoms with Crippen LogP contribution in [0.2, 0.25) is 0 Å². The summed E-state index contributed by atoms with van der Waals surface area (Å²) in [6, 6.07) is 6.27. The van der Waals surface area contributed by atoms with Crippen LogP contribution in [0.4, 0.5) is 0 Å². The first-order chi connectivity index (χ1) is 11.8. The smallest absolute Gasteiger partial charge is 0.253 e. The Hall–Kier alpha value is -1.48. The van der Waals surface area contributed by atoms with Crippen molar-refractivity contribution in [2.24, 2.45) is 11.7 Å². The van der Waals surface area contributed by atoms with Gasteiger partial charge in [0.05, 0.1) is 11.5 Å². The van der Waals surface area contributed by atoms with Crippen LogP contribution in [0.3, 0.4) is 0 Å². The molecule has 0 saturated carbocycles. The highest BCUT2D eigenvalue weighted by Gasteiger charge is 2.26. The molecule has 1 aromatic rings. The number of amides is 1. The number of ether oxygens (including phenoxy) is 1. The van der Waals surface area contributed by atoms with Crippen molar-refractivity contribution in [2.75, 3.05) is 33.4 Å². The van der Waals surface area contributed by atoms with E-state index in [0.717, 1.165) is 12.8 Å². The topological polar surface area (TPSA) is 102 Å². The van der Waals surface area contributed by atoms with Gasteiger partial charge >= 0.3 is 0 Å². The highest BCUT2D eigenvalue weighted by atomic mass is 32.2. The zero-order valence-electron chi connectivity index (χ0n) is 14.8. The number of benzene rings is 1. The Morgan fingerprint density at radius 3 is 2.68 bits per heavy atom. The van der Waals surface area contributed by atoms with Gasteiger partial charge in [0, 0.05) is 38.3 Å². The second-order valence-corrected chi connectivity index (χ2v) is 8.17. The lowest BCUT2D eigenvalue weighted by Gasteiger charge is -2.33. The summed E-state index contributed by atoms with van der Waals surface area (Å²) in [6.07, 6.45) is 1.75. The van der Waals surface area contributed by atoms with Crippen LogP contribution in [0, 0.1) is 5.92 Å². The lowest BCUT2D eigenvalue weighted by molar-refractivity contribution is 0.0680. The molecule has 1 fully saturated rings. The molecular weight excluding hydrogens is 342 g/mol. The Morgan fingerprint density at radius 2 is 2.08 bits per heavy atom. The number of hydrogen-bond donors (Lipinski definition) is 2. The van der Waals surface area contributed by atoms with E-state index in [0.29, 0.717) is 24.6 Å². The minimum absolute atomic E-state index is 0.0833. The van der Waals surface area contributed by atoms with Crippen LogP contribution >= 0.6 is 0 Å². The third kappa shape index (κ3) is 5.24. The number of likely N-dealkylation sites (tertiary alicyclic amines) is 1. The van der Waals surface area contributed by atoms with Crippen LogP contribution in [0.25, 0.3) is 0 Å². The van der Waals surface area contributed by atoms with Gasteiger partial charge in [0.25, 0.3) is 5.91 Å². The van der Waals surface area contributed by atoms with Gasteiger partial charge in [-0.1, -0.05) is 6.07 Å². The van der Waals surface area contributed by atoms with E-state index in [1.807, 2.05) is 6.92 Å². The summed E-state index contributed by atoms with van der Waals surface area (Å²) >= 11 is 0. The third-order valence-corrected chi connectivity index (χ3v) is 6.02. The molecule has 1 heterocycles. The van der Waals surface area contributed by atoms with Crippen molar-refractivity contribution < 1.29 is 17.9 Å². The quantitative estimate of drug-likeness (QED) is 0.693. The van der Waals surface area contributed by atoms with Crippen molar-refractivity contribution >= 4 is 15.9 Å². The summed E-state index contributed by atoms with van der Waals surface area (Å²) in [5, 5.41) is 0. The zero-order chi connectivity index (χ0) is 18.4. The second kappa shape index (κ2) is 8.75. The van der Waals surface area contributed by atoms with E-state index in [9.17, 15) is 13.2 Å². The summed E-state index contributed by atoms with van der Waals surface area (Å²) < 4.78 is 31.8. The molecule has 140 valence electrons. The van der Waals surface area contributed by atoms with Crippen LogP contribution in [-0.2, 0) is 14.8 Å². The molecule has 7 nitrogen and oxygen atoms in total. The van der Waals surface area contributed by atoms with Crippen LogP contribution in [0.5, 0.6) is 0 Å². The van der Waals surface area contributed by atoms with Gasteiger partial charge in [-0.05, 0) is 43.9 Å². The van der Waals surface area contributed by atoms with Gasteiger partial charge in [-0.2, -0.15) is 0 Å². The van der Waals surface area contributed by atoms with Gasteiger partial charge in [-0.25, -0.2) is 13.1 Å². The Bertz CT molecular complexity index is 683. The number of nitrogens with two attached hydrogens (primary N) is 1. The largest absolute Gasteiger partial charge is 0.383 e. The molecule has 1 atom stereocenters. The third-order valence-electron chi connectivity index (χ3n) is 4.56. The van der Waals surface area contributed by atoms with Gasteiger partial charge in [0.1, 0.15) is 0 Å². The number of nitrogens with one attached hydrogen (secondary N) is 1. The Kier molecular flexibility index (Phi) is 6.95. The van der Waals surface area contributed by atoms with Crippen molar-refractivity contribution in [2.45, 2.75) is 30.7 Å². The summed E-state index contributed by atoms with van der Waals surface area (Å²) in [5.41, 5.74) is 6.31. The first-order valence-corrected chi connectivity index (χ1v) is 9.97. The fourth-order valence-corrected chi connectivity index (χ4v) is 4.03. The summed E-state index contributed by atoms with van der Waals surface area (Å²) in [7, 11) is -2.15. The predicted octanol–water partition coefficient (Wildman–Crippen LogP) is 0.811. The SMILES string of the molecule is COCCNS(=O)(=O)c1cccc(C(=O)N2CCC(C(C)N)CC2)c1. The number of carbonyl (C=O) groups excluding carboxylic acids is 1. The second-order valence-electron chi connectivity index (χ2n) is 6.41. The molecule has 2 rings (SSSR count). The van der Waals surface area contributed by atoms with Crippen LogP contribution in [0.1, 0.15) is 30.1 Å².